The van der Waals surface area contributed by atoms with Crippen LogP contribution in [-0.2, 0) is 0 Å². The first-order chi connectivity index (χ1) is 9.84. The minimum Gasteiger partial charge on any atom is -0.478 e. The van der Waals surface area contributed by atoms with Gasteiger partial charge in [0.25, 0.3) is 5.91 Å². The number of carbonyl (C=O) groups excluding carboxylic acids is 1. The summed E-state index contributed by atoms with van der Waals surface area (Å²) in [6, 6.07) is 5.05. The zero-order chi connectivity index (χ0) is 15.7. The van der Waals surface area contributed by atoms with Gasteiger partial charge in [-0.25, -0.2) is 4.79 Å². The minimum absolute atomic E-state index is 0.0514. The molecular formula is C14H13ClN2O3S. The minimum atomic E-state index is -1.10. The molecular weight excluding hydrogens is 312 g/mol. The normalized spacial score (nSPS) is 10.5. The zero-order valence-corrected chi connectivity index (χ0v) is 13.2. The van der Waals surface area contributed by atoms with Crippen LogP contribution in [0, 0.1) is 13.8 Å². The van der Waals surface area contributed by atoms with Gasteiger partial charge in [-0.2, -0.15) is 4.37 Å². The molecule has 5 nitrogen and oxygen atoms in total. The van der Waals surface area contributed by atoms with Crippen LogP contribution in [0.2, 0.25) is 5.02 Å². The van der Waals surface area contributed by atoms with Crippen molar-refractivity contribution in [3.8, 4) is 0 Å². The number of carboxylic acid groups (broad SMARTS) is 1. The predicted molar refractivity (Wildman–Crippen MR) is 82.7 cm³/mol. The van der Waals surface area contributed by atoms with E-state index in [1.165, 1.54) is 11.9 Å². The number of carboxylic acids is 1. The first-order valence-corrected chi connectivity index (χ1v) is 7.22. The molecule has 1 aromatic heterocycles. The molecule has 21 heavy (non-hydrogen) atoms. The maximum absolute atomic E-state index is 12.6. The van der Waals surface area contributed by atoms with Crippen molar-refractivity contribution in [2.24, 2.45) is 0 Å². The third kappa shape index (κ3) is 2.77. The average molecular weight is 325 g/mol. The molecule has 0 spiro atoms. The number of hydrogen-bond donors (Lipinski definition) is 1. The number of amides is 1. The van der Waals surface area contributed by atoms with Crippen molar-refractivity contribution in [2.45, 2.75) is 13.8 Å². The monoisotopic (exact) mass is 324 g/mol. The van der Waals surface area contributed by atoms with E-state index in [0.29, 0.717) is 26.8 Å². The molecule has 0 aliphatic heterocycles. The Bertz CT molecular complexity index is 727. The second-order valence-corrected chi connectivity index (χ2v) is 5.69. The van der Waals surface area contributed by atoms with E-state index in [0.717, 1.165) is 11.5 Å². The fraction of sp³-hybridized carbons (Fsp3) is 0.214. The number of benzene rings is 1. The number of anilines is 1. The van der Waals surface area contributed by atoms with Crippen molar-refractivity contribution < 1.29 is 14.7 Å². The number of halogens is 1. The average Bonchev–Trinajstić information content (AvgIpc) is 2.82. The van der Waals surface area contributed by atoms with Crippen LogP contribution in [0.15, 0.2) is 18.2 Å². The molecule has 1 heterocycles. The summed E-state index contributed by atoms with van der Waals surface area (Å²) in [6.07, 6.45) is 0. The Morgan fingerprint density at radius 3 is 2.62 bits per heavy atom. The van der Waals surface area contributed by atoms with Crippen LogP contribution < -0.4 is 4.90 Å². The zero-order valence-electron chi connectivity index (χ0n) is 11.7. The van der Waals surface area contributed by atoms with E-state index in [1.807, 2.05) is 0 Å². The van der Waals surface area contributed by atoms with Gasteiger partial charge in [-0.1, -0.05) is 17.7 Å². The van der Waals surface area contributed by atoms with Crippen LogP contribution in [0.4, 0.5) is 5.00 Å². The molecule has 1 amide bonds. The highest BCUT2D eigenvalue weighted by Crippen LogP contribution is 2.30. The molecule has 0 unspecified atom stereocenters. The van der Waals surface area contributed by atoms with Crippen LogP contribution in [-0.4, -0.2) is 28.4 Å². The molecule has 0 fully saturated rings. The summed E-state index contributed by atoms with van der Waals surface area (Å²) >= 11 is 7.01. The smallest absolute Gasteiger partial charge is 0.340 e. The standard InChI is InChI=1S/C14H13ClN2O3S/c1-7-9(5-4-6-10(7)15)12(18)17(3)13-11(14(19)20)8(2)16-21-13/h4-6H,1-3H3,(H,19,20). The topological polar surface area (TPSA) is 70.5 Å². The molecule has 0 aliphatic carbocycles. The Morgan fingerprint density at radius 1 is 1.33 bits per heavy atom. The Balaban J connectivity index is 2.45. The third-order valence-corrected chi connectivity index (χ3v) is 4.59. The number of nitrogens with zero attached hydrogens (tertiary/aromatic N) is 2. The molecule has 0 atom stereocenters. The lowest BCUT2D eigenvalue weighted by atomic mass is 10.1. The molecule has 1 N–H and O–H groups in total. The SMILES string of the molecule is Cc1nsc(N(C)C(=O)c2cccc(Cl)c2C)c1C(=O)O. The maximum Gasteiger partial charge on any atom is 0.340 e. The number of hydrogen-bond acceptors (Lipinski definition) is 4. The first-order valence-electron chi connectivity index (χ1n) is 6.07. The van der Waals surface area contributed by atoms with Crippen molar-refractivity contribution in [1.29, 1.82) is 0 Å². The van der Waals surface area contributed by atoms with E-state index < -0.39 is 5.97 Å². The summed E-state index contributed by atoms with van der Waals surface area (Å²) in [4.78, 5) is 25.1. The van der Waals surface area contributed by atoms with Gasteiger partial charge in [0.1, 0.15) is 10.6 Å². The van der Waals surface area contributed by atoms with Crippen LogP contribution in [0.25, 0.3) is 0 Å². The number of carbonyl (C=O) groups is 2. The summed E-state index contributed by atoms with van der Waals surface area (Å²) < 4.78 is 4.02. The summed E-state index contributed by atoms with van der Waals surface area (Å²) in [5, 5.41) is 10.0. The molecule has 2 rings (SSSR count). The van der Waals surface area contributed by atoms with Gasteiger partial charge in [0.2, 0.25) is 0 Å². The van der Waals surface area contributed by atoms with E-state index in [4.69, 9.17) is 11.6 Å². The Kier molecular flexibility index (Phi) is 4.29. The van der Waals surface area contributed by atoms with E-state index >= 15 is 0 Å². The number of rotatable bonds is 3. The molecule has 110 valence electrons. The Morgan fingerprint density at radius 2 is 2.00 bits per heavy atom. The van der Waals surface area contributed by atoms with Crippen molar-refractivity contribution in [1.82, 2.24) is 4.37 Å². The quantitative estimate of drug-likeness (QED) is 0.939. The van der Waals surface area contributed by atoms with Crippen molar-refractivity contribution in [2.75, 3.05) is 11.9 Å². The fourth-order valence-corrected chi connectivity index (χ4v) is 2.97. The summed E-state index contributed by atoms with van der Waals surface area (Å²) in [6.45, 7) is 3.35. The summed E-state index contributed by atoms with van der Waals surface area (Å²) in [5.41, 5.74) is 1.54. The highest BCUT2D eigenvalue weighted by Gasteiger charge is 2.25. The van der Waals surface area contributed by atoms with Gasteiger partial charge >= 0.3 is 5.97 Å². The molecule has 1 aromatic carbocycles. The van der Waals surface area contributed by atoms with Crippen LogP contribution in [0.5, 0.6) is 0 Å². The van der Waals surface area contributed by atoms with Gasteiger partial charge in [0.15, 0.2) is 0 Å². The predicted octanol–water partition coefficient (Wildman–Crippen LogP) is 3.39. The molecule has 0 saturated carbocycles. The molecule has 7 heteroatoms. The highest BCUT2D eigenvalue weighted by atomic mass is 35.5. The second kappa shape index (κ2) is 5.83. The van der Waals surface area contributed by atoms with Crippen molar-refractivity contribution >= 4 is 40.0 Å². The van der Waals surface area contributed by atoms with Crippen LogP contribution in [0.1, 0.15) is 32.0 Å². The number of aromatic carboxylic acids is 1. The van der Waals surface area contributed by atoms with Gasteiger partial charge in [-0.3, -0.25) is 4.79 Å². The lowest BCUT2D eigenvalue weighted by molar-refractivity contribution is 0.0697. The summed E-state index contributed by atoms with van der Waals surface area (Å²) in [5.74, 6) is -1.42. The second-order valence-electron chi connectivity index (χ2n) is 4.53. The maximum atomic E-state index is 12.6. The largest absolute Gasteiger partial charge is 0.478 e. The highest BCUT2D eigenvalue weighted by molar-refractivity contribution is 7.11. The van der Waals surface area contributed by atoms with E-state index in [9.17, 15) is 14.7 Å². The Hall–Kier alpha value is -1.92. The van der Waals surface area contributed by atoms with E-state index in [2.05, 4.69) is 4.37 Å². The fourth-order valence-electron chi connectivity index (χ4n) is 1.94. The van der Waals surface area contributed by atoms with Gasteiger partial charge in [0, 0.05) is 17.6 Å². The number of aromatic nitrogens is 1. The van der Waals surface area contributed by atoms with Gasteiger partial charge < -0.3 is 10.0 Å². The van der Waals surface area contributed by atoms with Crippen molar-refractivity contribution in [3.05, 3.63) is 45.6 Å². The van der Waals surface area contributed by atoms with Crippen LogP contribution in [0.3, 0.4) is 0 Å². The van der Waals surface area contributed by atoms with Gasteiger partial charge in [-0.15, -0.1) is 0 Å². The van der Waals surface area contributed by atoms with Gasteiger partial charge in [-0.05, 0) is 43.1 Å². The lowest BCUT2D eigenvalue weighted by Gasteiger charge is -2.17. The molecule has 0 aliphatic rings. The first kappa shape index (κ1) is 15.5. The summed E-state index contributed by atoms with van der Waals surface area (Å²) in [7, 11) is 1.53. The van der Waals surface area contributed by atoms with E-state index in [1.54, 1.807) is 32.0 Å². The Labute approximate surface area is 130 Å². The van der Waals surface area contributed by atoms with Crippen molar-refractivity contribution in [3.63, 3.8) is 0 Å². The molecule has 0 radical (unpaired) electrons. The number of aryl methyl sites for hydroxylation is 1. The molecule has 0 saturated heterocycles. The molecule has 0 bridgehead atoms. The third-order valence-electron chi connectivity index (χ3n) is 3.17. The van der Waals surface area contributed by atoms with Gasteiger partial charge in [0.05, 0.1) is 5.69 Å². The van der Waals surface area contributed by atoms with E-state index in [-0.39, 0.29) is 11.5 Å². The van der Waals surface area contributed by atoms with Crippen LogP contribution >= 0.6 is 23.1 Å². The molecule has 2 aromatic rings. The lowest BCUT2D eigenvalue weighted by Crippen LogP contribution is -2.27.